The topological polar surface area (TPSA) is 79.9 Å². The Morgan fingerprint density at radius 3 is 2.67 bits per heavy atom. The summed E-state index contributed by atoms with van der Waals surface area (Å²) in [6, 6.07) is 9.15. The summed E-state index contributed by atoms with van der Waals surface area (Å²) in [4.78, 5) is 26.5. The Morgan fingerprint density at radius 2 is 2.00 bits per heavy atom. The number of ether oxygens (including phenoxy) is 2. The number of amides is 3. The number of alkyl halides is 2. The largest absolute Gasteiger partial charge is 0.376 e. The van der Waals surface area contributed by atoms with Gasteiger partial charge in [-0.3, -0.25) is 4.79 Å². The molecule has 33 heavy (non-hydrogen) atoms. The number of likely N-dealkylation sites (tertiary alicyclic amines) is 1. The number of hydrogen-bond acceptors (Lipinski definition) is 4. The smallest absolute Gasteiger partial charge is 0.318 e. The molecule has 1 spiro atoms. The standard InChI is InChI=1S/C24H33F2N3O4/c1-16-11-24(15-32-14-22(30)28-24)20(29(16)23(31)27-12-21(25)26)13-33-19-9-7-18(8-10-19)17-5-3-2-4-6-17/h2-6,16,18-21H,7-15H2,1H3,(H,27,31)(H,28,30)/t16-,18?,19?,20+,24-/m1/s1. The molecule has 9 heteroatoms. The van der Waals surface area contributed by atoms with Crippen molar-refractivity contribution in [1.82, 2.24) is 15.5 Å². The molecule has 182 valence electrons. The third-order valence-corrected chi connectivity index (χ3v) is 7.17. The van der Waals surface area contributed by atoms with Crippen LogP contribution < -0.4 is 10.6 Å². The van der Waals surface area contributed by atoms with Gasteiger partial charge in [0, 0.05) is 6.04 Å². The van der Waals surface area contributed by atoms with E-state index in [0.717, 1.165) is 25.7 Å². The summed E-state index contributed by atoms with van der Waals surface area (Å²) in [5.41, 5.74) is 0.571. The molecule has 0 radical (unpaired) electrons. The van der Waals surface area contributed by atoms with Gasteiger partial charge in [0.25, 0.3) is 6.43 Å². The molecule has 1 aromatic rings. The highest BCUT2D eigenvalue weighted by Gasteiger charge is 2.55. The van der Waals surface area contributed by atoms with Gasteiger partial charge in [0.2, 0.25) is 5.91 Å². The number of benzene rings is 1. The number of halogens is 2. The number of morpholine rings is 1. The summed E-state index contributed by atoms with van der Waals surface area (Å²) in [5.74, 6) is 0.281. The molecule has 3 fully saturated rings. The van der Waals surface area contributed by atoms with Crippen molar-refractivity contribution >= 4 is 11.9 Å². The average Bonchev–Trinajstić information content (AvgIpc) is 3.06. The highest BCUT2D eigenvalue weighted by molar-refractivity contribution is 5.80. The first-order chi connectivity index (χ1) is 15.9. The lowest BCUT2D eigenvalue weighted by atomic mass is 9.82. The summed E-state index contributed by atoms with van der Waals surface area (Å²) in [6.45, 7) is 1.60. The van der Waals surface area contributed by atoms with Gasteiger partial charge in [-0.25, -0.2) is 13.6 Å². The van der Waals surface area contributed by atoms with Gasteiger partial charge in [0.1, 0.15) is 6.61 Å². The molecule has 2 saturated heterocycles. The molecule has 0 bridgehead atoms. The molecule has 0 unspecified atom stereocenters. The van der Waals surface area contributed by atoms with E-state index >= 15 is 0 Å². The summed E-state index contributed by atoms with van der Waals surface area (Å²) < 4.78 is 37.2. The summed E-state index contributed by atoms with van der Waals surface area (Å²) >= 11 is 0. The van der Waals surface area contributed by atoms with Gasteiger partial charge < -0.3 is 25.0 Å². The van der Waals surface area contributed by atoms with E-state index in [1.807, 2.05) is 13.0 Å². The molecular weight excluding hydrogens is 432 g/mol. The van der Waals surface area contributed by atoms with Crippen molar-refractivity contribution < 1.29 is 27.8 Å². The Hall–Kier alpha value is -2.26. The van der Waals surface area contributed by atoms with Crippen molar-refractivity contribution in [1.29, 1.82) is 0 Å². The lowest BCUT2D eigenvalue weighted by Crippen LogP contribution is -2.65. The van der Waals surface area contributed by atoms with Crippen molar-refractivity contribution in [2.45, 2.75) is 75.1 Å². The minimum absolute atomic E-state index is 0.0230. The zero-order chi connectivity index (χ0) is 23.4. The van der Waals surface area contributed by atoms with Gasteiger partial charge in [-0.1, -0.05) is 30.3 Å². The molecule has 4 rings (SSSR count). The number of urea groups is 1. The molecule has 3 amide bonds. The van der Waals surface area contributed by atoms with Crippen LogP contribution in [0, 0.1) is 0 Å². The van der Waals surface area contributed by atoms with E-state index in [9.17, 15) is 18.4 Å². The highest BCUT2D eigenvalue weighted by atomic mass is 19.3. The fraction of sp³-hybridized carbons (Fsp3) is 0.667. The van der Waals surface area contributed by atoms with Crippen LogP contribution in [0.25, 0.3) is 0 Å². The molecule has 0 aromatic heterocycles. The van der Waals surface area contributed by atoms with Crippen LogP contribution in [0.1, 0.15) is 50.5 Å². The van der Waals surface area contributed by atoms with Crippen LogP contribution in [-0.4, -0.2) is 73.4 Å². The van der Waals surface area contributed by atoms with Crippen molar-refractivity contribution in [3.05, 3.63) is 35.9 Å². The number of nitrogens with zero attached hydrogens (tertiary/aromatic N) is 1. The molecule has 7 nitrogen and oxygen atoms in total. The highest BCUT2D eigenvalue weighted by Crippen LogP contribution is 2.38. The van der Waals surface area contributed by atoms with Crippen molar-refractivity contribution in [2.24, 2.45) is 0 Å². The maximum atomic E-state index is 12.8. The minimum Gasteiger partial charge on any atom is -0.376 e. The van der Waals surface area contributed by atoms with Gasteiger partial charge in [0.05, 0.1) is 37.4 Å². The van der Waals surface area contributed by atoms with E-state index in [0.29, 0.717) is 12.3 Å². The molecular formula is C24H33F2N3O4. The van der Waals surface area contributed by atoms with E-state index in [2.05, 4.69) is 34.9 Å². The Morgan fingerprint density at radius 1 is 1.27 bits per heavy atom. The van der Waals surface area contributed by atoms with E-state index < -0.39 is 30.6 Å². The number of rotatable bonds is 6. The fourth-order valence-electron chi connectivity index (χ4n) is 5.65. The van der Waals surface area contributed by atoms with E-state index in [1.54, 1.807) is 4.90 Å². The summed E-state index contributed by atoms with van der Waals surface area (Å²) in [5, 5.41) is 5.33. The zero-order valence-electron chi connectivity index (χ0n) is 19.0. The molecule has 1 saturated carbocycles. The van der Waals surface area contributed by atoms with Gasteiger partial charge in [0.15, 0.2) is 0 Å². The number of carbonyl (C=O) groups excluding carboxylic acids is 2. The second kappa shape index (κ2) is 10.3. The maximum absolute atomic E-state index is 12.8. The molecule has 1 aliphatic carbocycles. The van der Waals surface area contributed by atoms with Crippen LogP contribution in [0.4, 0.5) is 13.6 Å². The SMILES string of the molecule is C[C@@H]1C[C@@]2(COCC(=O)N2)[C@H](COC2CCC(c3ccccc3)CC2)N1C(=O)NCC(F)F. The third kappa shape index (κ3) is 5.46. The Kier molecular flexibility index (Phi) is 7.48. The van der Waals surface area contributed by atoms with Crippen LogP contribution in [0.5, 0.6) is 0 Å². The van der Waals surface area contributed by atoms with Gasteiger partial charge in [-0.2, -0.15) is 0 Å². The van der Waals surface area contributed by atoms with E-state index in [4.69, 9.17) is 9.47 Å². The van der Waals surface area contributed by atoms with Crippen LogP contribution >= 0.6 is 0 Å². The fourth-order valence-corrected chi connectivity index (χ4v) is 5.65. The minimum atomic E-state index is -2.63. The second-order valence-electron chi connectivity index (χ2n) is 9.47. The van der Waals surface area contributed by atoms with Crippen LogP contribution in [0.3, 0.4) is 0 Å². The van der Waals surface area contributed by atoms with Crippen molar-refractivity contribution in [2.75, 3.05) is 26.4 Å². The van der Waals surface area contributed by atoms with Crippen molar-refractivity contribution in [3.8, 4) is 0 Å². The molecule has 2 aliphatic heterocycles. The maximum Gasteiger partial charge on any atom is 0.318 e. The van der Waals surface area contributed by atoms with Crippen LogP contribution in [-0.2, 0) is 14.3 Å². The van der Waals surface area contributed by atoms with Crippen LogP contribution in [0.2, 0.25) is 0 Å². The lowest BCUT2D eigenvalue weighted by molar-refractivity contribution is -0.137. The lowest BCUT2D eigenvalue weighted by Gasteiger charge is -2.41. The zero-order valence-corrected chi connectivity index (χ0v) is 19.0. The third-order valence-electron chi connectivity index (χ3n) is 7.17. The Balaban J connectivity index is 1.41. The second-order valence-corrected chi connectivity index (χ2v) is 9.47. The first kappa shape index (κ1) is 23.9. The predicted octanol–water partition coefficient (Wildman–Crippen LogP) is 3.05. The molecule has 3 aliphatic rings. The van der Waals surface area contributed by atoms with E-state index in [1.165, 1.54) is 5.56 Å². The quantitative estimate of drug-likeness (QED) is 0.677. The number of nitrogens with one attached hydrogen (secondary N) is 2. The van der Waals surface area contributed by atoms with E-state index in [-0.39, 0.29) is 37.9 Å². The Bertz CT molecular complexity index is 819. The van der Waals surface area contributed by atoms with Gasteiger partial charge >= 0.3 is 6.03 Å². The molecule has 3 atom stereocenters. The molecule has 1 aromatic carbocycles. The van der Waals surface area contributed by atoms with Crippen LogP contribution in [0.15, 0.2) is 30.3 Å². The monoisotopic (exact) mass is 465 g/mol. The van der Waals surface area contributed by atoms with Gasteiger partial charge in [-0.05, 0) is 50.5 Å². The first-order valence-electron chi connectivity index (χ1n) is 11.8. The average molecular weight is 466 g/mol. The normalized spacial score (nSPS) is 32.2. The summed E-state index contributed by atoms with van der Waals surface area (Å²) in [7, 11) is 0. The summed E-state index contributed by atoms with van der Waals surface area (Å²) in [6.07, 6.45) is 1.79. The predicted molar refractivity (Wildman–Crippen MR) is 118 cm³/mol. The molecule has 2 N–H and O–H groups in total. The number of carbonyl (C=O) groups is 2. The first-order valence-corrected chi connectivity index (χ1v) is 11.8. The molecule has 2 heterocycles. The Labute approximate surface area is 193 Å². The van der Waals surface area contributed by atoms with Crippen molar-refractivity contribution in [3.63, 3.8) is 0 Å². The van der Waals surface area contributed by atoms with Gasteiger partial charge in [-0.15, -0.1) is 0 Å². The number of hydrogen-bond donors (Lipinski definition) is 2.